The quantitative estimate of drug-likeness (QED) is 0.657. The van der Waals surface area contributed by atoms with E-state index in [1.54, 1.807) is 0 Å². The summed E-state index contributed by atoms with van der Waals surface area (Å²) < 4.78 is 0. The number of nitrogens with one attached hydrogen (secondary N) is 1. The summed E-state index contributed by atoms with van der Waals surface area (Å²) in [6, 6.07) is 10.1. The standard InChI is InChI=1S/C15H18N2O2/c1-11(14-10-17(12(2)18)15(14)19)8-16-9-13-6-4-3-5-7-13/h3-7,16H,8-10H2,1-2H3/b14-11-. The Labute approximate surface area is 113 Å². The van der Waals surface area contributed by atoms with Crippen LogP contribution in [-0.2, 0) is 16.1 Å². The van der Waals surface area contributed by atoms with Gasteiger partial charge in [-0.3, -0.25) is 14.5 Å². The van der Waals surface area contributed by atoms with Gasteiger partial charge < -0.3 is 5.32 Å². The van der Waals surface area contributed by atoms with Crippen molar-refractivity contribution in [3.05, 3.63) is 47.0 Å². The molecule has 4 heteroatoms. The molecule has 0 bridgehead atoms. The van der Waals surface area contributed by atoms with Crippen molar-refractivity contribution in [3.63, 3.8) is 0 Å². The smallest absolute Gasteiger partial charge is 0.258 e. The van der Waals surface area contributed by atoms with Gasteiger partial charge in [-0.15, -0.1) is 0 Å². The molecule has 0 aromatic heterocycles. The molecule has 4 nitrogen and oxygen atoms in total. The number of nitrogens with zero attached hydrogens (tertiary/aromatic N) is 1. The number of amides is 2. The zero-order valence-electron chi connectivity index (χ0n) is 11.3. The third-order valence-corrected chi connectivity index (χ3v) is 3.28. The Kier molecular flexibility index (Phi) is 4.12. The molecular weight excluding hydrogens is 240 g/mol. The van der Waals surface area contributed by atoms with Gasteiger partial charge in [0.15, 0.2) is 0 Å². The Morgan fingerprint density at radius 2 is 1.95 bits per heavy atom. The zero-order valence-corrected chi connectivity index (χ0v) is 11.3. The van der Waals surface area contributed by atoms with E-state index in [2.05, 4.69) is 17.4 Å². The fraction of sp³-hybridized carbons (Fsp3) is 0.333. The molecule has 1 heterocycles. The molecular formula is C15H18N2O2. The topological polar surface area (TPSA) is 49.4 Å². The van der Waals surface area contributed by atoms with Crippen LogP contribution in [0, 0.1) is 0 Å². The number of rotatable bonds is 4. The van der Waals surface area contributed by atoms with Crippen LogP contribution in [0.5, 0.6) is 0 Å². The highest BCUT2D eigenvalue weighted by molar-refractivity contribution is 6.10. The molecule has 0 aliphatic carbocycles. The van der Waals surface area contributed by atoms with Gasteiger partial charge in [0.25, 0.3) is 5.91 Å². The average molecular weight is 258 g/mol. The van der Waals surface area contributed by atoms with Crippen LogP contribution < -0.4 is 5.32 Å². The molecule has 0 spiro atoms. The van der Waals surface area contributed by atoms with Gasteiger partial charge in [0.1, 0.15) is 0 Å². The summed E-state index contributed by atoms with van der Waals surface area (Å²) in [7, 11) is 0. The van der Waals surface area contributed by atoms with E-state index in [-0.39, 0.29) is 11.8 Å². The van der Waals surface area contributed by atoms with Gasteiger partial charge in [0.05, 0.1) is 6.54 Å². The van der Waals surface area contributed by atoms with Gasteiger partial charge in [0, 0.05) is 25.6 Å². The highest BCUT2D eigenvalue weighted by Gasteiger charge is 2.34. The minimum atomic E-state index is -0.182. The van der Waals surface area contributed by atoms with Crippen LogP contribution in [-0.4, -0.2) is 29.8 Å². The van der Waals surface area contributed by atoms with E-state index in [0.717, 1.165) is 17.7 Å². The first kappa shape index (κ1) is 13.5. The lowest BCUT2D eigenvalue weighted by Gasteiger charge is -2.32. The van der Waals surface area contributed by atoms with Crippen molar-refractivity contribution >= 4 is 11.8 Å². The Morgan fingerprint density at radius 1 is 1.26 bits per heavy atom. The van der Waals surface area contributed by atoms with E-state index in [0.29, 0.717) is 13.1 Å². The number of benzene rings is 1. The first-order valence-electron chi connectivity index (χ1n) is 6.35. The molecule has 1 aromatic carbocycles. The van der Waals surface area contributed by atoms with Crippen molar-refractivity contribution < 1.29 is 9.59 Å². The van der Waals surface area contributed by atoms with Gasteiger partial charge in [-0.2, -0.15) is 0 Å². The van der Waals surface area contributed by atoms with Crippen molar-refractivity contribution in [2.24, 2.45) is 0 Å². The molecule has 100 valence electrons. The zero-order chi connectivity index (χ0) is 13.8. The highest BCUT2D eigenvalue weighted by Crippen LogP contribution is 2.20. The van der Waals surface area contributed by atoms with E-state index in [1.165, 1.54) is 17.4 Å². The normalized spacial score (nSPS) is 17.2. The largest absolute Gasteiger partial charge is 0.309 e. The average Bonchev–Trinajstić information content (AvgIpc) is 2.38. The fourth-order valence-corrected chi connectivity index (χ4v) is 2.04. The van der Waals surface area contributed by atoms with Crippen molar-refractivity contribution in [1.29, 1.82) is 0 Å². The van der Waals surface area contributed by atoms with Gasteiger partial charge in [-0.05, 0) is 18.1 Å². The van der Waals surface area contributed by atoms with Crippen LogP contribution in [0.2, 0.25) is 0 Å². The third-order valence-electron chi connectivity index (χ3n) is 3.28. The van der Waals surface area contributed by atoms with Crippen LogP contribution >= 0.6 is 0 Å². The van der Waals surface area contributed by atoms with E-state index >= 15 is 0 Å². The Bertz CT molecular complexity index is 520. The van der Waals surface area contributed by atoms with Gasteiger partial charge >= 0.3 is 0 Å². The van der Waals surface area contributed by atoms with Gasteiger partial charge in [-0.1, -0.05) is 30.3 Å². The number of β-lactam (4-membered cyclic amide) rings is 1. The number of hydrogen-bond acceptors (Lipinski definition) is 3. The molecule has 1 N–H and O–H groups in total. The van der Waals surface area contributed by atoms with Crippen LogP contribution in [0.25, 0.3) is 0 Å². The summed E-state index contributed by atoms with van der Waals surface area (Å²) in [5, 5.41) is 3.30. The number of carbonyl (C=O) groups excluding carboxylic acids is 2. The van der Waals surface area contributed by atoms with Crippen molar-refractivity contribution in [2.45, 2.75) is 20.4 Å². The molecule has 0 saturated carbocycles. The molecule has 0 atom stereocenters. The lowest BCUT2D eigenvalue weighted by Crippen LogP contribution is -2.49. The van der Waals surface area contributed by atoms with Crippen LogP contribution in [0.4, 0.5) is 0 Å². The maximum absolute atomic E-state index is 11.7. The SMILES string of the molecule is CC(=O)N1C/C(=C(\C)CNCc2ccccc2)C1=O. The summed E-state index contributed by atoms with van der Waals surface area (Å²) in [6.45, 7) is 5.24. The van der Waals surface area contributed by atoms with Crippen molar-refractivity contribution in [2.75, 3.05) is 13.1 Å². The molecule has 0 unspecified atom stereocenters. The number of likely N-dealkylation sites (tertiary alicyclic amines) is 1. The van der Waals surface area contributed by atoms with Crippen molar-refractivity contribution in [1.82, 2.24) is 10.2 Å². The maximum atomic E-state index is 11.7. The Hall–Kier alpha value is -1.94. The number of imide groups is 1. The van der Waals surface area contributed by atoms with Crippen LogP contribution in [0.15, 0.2) is 41.5 Å². The summed E-state index contributed by atoms with van der Waals surface area (Å²) in [5.41, 5.74) is 2.99. The third kappa shape index (κ3) is 3.09. The second-order valence-corrected chi connectivity index (χ2v) is 4.76. The molecule has 1 aliphatic rings. The first-order chi connectivity index (χ1) is 9.09. The molecule has 1 fully saturated rings. The molecule has 0 radical (unpaired) electrons. The molecule has 1 saturated heterocycles. The van der Waals surface area contributed by atoms with Gasteiger partial charge in [0.2, 0.25) is 5.91 Å². The second kappa shape index (κ2) is 5.80. The molecule has 2 amide bonds. The van der Waals surface area contributed by atoms with Crippen LogP contribution in [0.1, 0.15) is 19.4 Å². The second-order valence-electron chi connectivity index (χ2n) is 4.76. The van der Waals surface area contributed by atoms with E-state index < -0.39 is 0 Å². The van der Waals surface area contributed by atoms with Gasteiger partial charge in [-0.25, -0.2) is 0 Å². The summed E-state index contributed by atoms with van der Waals surface area (Å²) >= 11 is 0. The summed E-state index contributed by atoms with van der Waals surface area (Å²) in [6.07, 6.45) is 0. The van der Waals surface area contributed by atoms with Crippen LogP contribution in [0.3, 0.4) is 0 Å². The first-order valence-corrected chi connectivity index (χ1v) is 6.35. The molecule has 1 aromatic rings. The predicted octanol–water partition coefficient (Wildman–Crippen LogP) is 1.48. The monoisotopic (exact) mass is 258 g/mol. The lowest BCUT2D eigenvalue weighted by molar-refractivity contribution is -0.145. The minimum Gasteiger partial charge on any atom is -0.309 e. The Morgan fingerprint density at radius 3 is 2.53 bits per heavy atom. The van der Waals surface area contributed by atoms with E-state index in [9.17, 15) is 9.59 Å². The molecule has 19 heavy (non-hydrogen) atoms. The maximum Gasteiger partial charge on any atom is 0.258 e. The number of hydrogen-bond donors (Lipinski definition) is 1. The van der Waals surface area contributed by atoms with Crippen molar-refractivity contribution in [3.8, 4) is 0 Å². The minimum absolute atomic E-state index is 0.147. The van der Waals surface area contributed by atoms with E-state index in [1.807, 2.05) is 25.1 Å². The molecule has 2 rings (SSSR count). The predicted molar refractivity (Wildman–Crippen MR) is 73.2 cm³/mol. The molecule has 1 aliphatic heterocycles. The highest BCUT2D eigenvalue weighted by atomic mass is 16.2. The summed E-state index contributed by atoms with van der Waals surface area (Å²) in [4.78, 5) is 24.0. The summed E-state index contributed by atoms with van der Waals surface area (Å²) in [5.74, 6) is -0.328. The lowest BCUT2D eigenvalue weighted by atomic mass is 10.0. The van der Waals surface area contributed by atoms with E-state index in [4.69, 9.17) is 0 Å². The number of carbonyl (C=O) groups is 2. The Balaban J connectivity index is 1.84. The fourth-order valence-electron chi connectivity index (χ4n) is 2.04.